The van der Waals surface area contributed by atoms with Crippen molar-refractivity contribution >= 4 is 11.3 Å². The molecule has 6 heteroatoms. The Hall–Kier alpha value is -0.530. The van der Waals surface area contributed by atoms with Gasteiger partial charge in [-0.3, -0.25) is 14.7 Å². The summed E-state index contributed by atoms with van der Waals surface area (Å²) in [6, 6.07) is 0.626. The number of morpholine rings is 1. The van der Waals surface area contributed by atoms with Crippen molar-refractivity contribution in [3.8, 4) is 0 Å². The molecule has 3 heterocycles. The third kappa shape index (κ3) is 4.49. The predicted molar refractivity (Wildman–Crippen MR) is 90.3 cm³/mol. The second-order valence-corrected chi connectivity index (χ2v) is 7.56. The summed E-state index contributed by atoms with van der Waals surface area (Å²) in [6.07, 6.45) is 2.28. The van der Waals surface area contributed by atoms with Gasteiger partial charge < -0.3 is 4.74 Å². The highest BCUT2D eigenvalue weighted by molar-refractivity contribution is 7.09. The van der Waals surface area contributed by atoms with E-state index in [4.69, 9.17) is 4.74 Å². The average Bonchev–Trinajstić information content (AvgIpc) is 3.02. The summed E-state index contributed by atoms with van der Waals surface area (Å²) in [6.45, 7) is 14.3. The third-order valence-corrected chi connectivity index (χ3v) is 5.43. The highest BCUT2D eigenvalue weighted by Gasteiger charge is 2.26. The van der Waals surface area contributed by atoms with Crippen LogP contribution < -0.4 is 0 Å². The van der Waals surface area contributed by atoms with E-state index in [0.717, 1.165) is 59.0 Å². The van der Waals surface area contributed by atoms with Gasteiger partial charge >= 0.3 is 0 Å². The fraction of sp³-hybridized carbons (Fsp3) is 0.812. The Labute approximate surface area is 137 Å². The SMILES string of the molecule is CC(C)N1CCO[C@H](CN2CCN(Cc3nccs3)CC2)C1. The molecule has 0 aromatic carbocycles. The van der Waals surface area contributed by atoms with E-state index in [1.807, 2.05) is 6.20 Å². The van der Waals surface area contributed by atoms with Crippen molar-refractivity contribution in [2.75, 3.05) is 52.4 Å². The number of thiazole rings is 1. The second kappa shape index (κ2) is 7.84. The number of hydrogen-bond acceptors (Lipinski definition) is 6. The van der Waals surface area contributed by atoms with E-state index in [2.05, 4.69) is 38.9 Å². The molecule has 0 bridgehead atoms. The van der Waals surface area contributed by atoms with E-state index >= 15 is 0 Å². The Morgan fingerprint density at radius 1 is 1.23 bits per heavy atom. The van der Waals surface area contributed by atoms with Crippen LogP contribution in [0.5, 0.6) is 0 Å². The minimum atomic E-state index is 0.377. The van der Waals surface area contributed by atoms with Gasteiger partial charge in [0, 0.05) is 63.4 Å². The summed E-state index contributed by atoms with van der Waals surface area (Å²) in [7, 11) is 0. The van der Waals surface area contributed by atoms with Gasteiger partial charge in [-0.15, -0.1) is 11.3 Å². The van der Waals surface area contributed by atoms with Crippen LogP contribution >= 0.6 is 11.3 Å². The molecule has 2 fully saturated rings. The Morgan fingerprint density at radius 2 is 2.00 bits per heavy atom. The molecule has 2 aliphatic rings. The summed E-state index contributed by atoms with van der Waals surface area (Å²) in [5.74, 6) is 0. The maximum atomic E-state index is 5.97. The molecule has 0 radical (unpaired) electrons. The van der Waals surface area contributed by atoms with E-state index in [1.165, 1.54) is 5.01 Å². The fourth-order valence-electron chi connectivity index (χ4n) is 3.26. The molecule has 0 spiro atoms. The zero-order chi connectivity index (χ0) is 15.4. The fourth-order valence-corrected chi connectivity index (χ4v) is 3.92. The molecule has 0 unspecified atom stereocenters. The van der Waals surface area contributed by atoms with Crippen LogP contribution in [0.1, 0.15) is 18.9 Å². The van der Waals surface area contributed by atoms with Crippen LogP contribution in [0.15, 0.2) is 11.6 Å². The minimum absolute atomic E-state index is 0.377. The lowest BCUT2D eigenvalue weighted by molar-refractivity contribution is -0.0565. The maximum Gasteiger partial charge on any atom is 0.107 e. The van der Waals surface area contributed by atoms with Crippen LogP contribution in [0, 0.1) is 0 Å². The van der Waals surface area contributed by atoms with Gasteiger partial charge in [-0.25, -0.2) is 4.98 Å². The standard InChI is InChI=1S/C16H28N4OS/c1-14(2)20-8-9-21-15(12-20)11-18-4-6-19(7-5-18)13-16-17-3-10-22-16/h3,10,14-15H,4-9,11-13H2,1-2H3/t15-/m1/s1. The molecule has 2 saturated heterocycles. The first-order valence-corrected chi connectivity index (χ1v) is 9.27. The quantitative estimate of drug-likeness (QED) is 0.817. The highest BCUT2D eigenvalue weighted by atomic mass is 32.1. The van der Waals surface area contributed by atoms with Crippen molar-refractivity contribution < 1.29 is 4.74 Å². The molecule has 1 aromatic rings. The lowest BCUT2D eigenvalue weighted by Gasteiger charge is -2.40. The number of piperazine rings is 1. The van der Waals surface area contributed by atoms with E-state index in [-0.39, 0.29) is 0 Å². The summed E-state index contributed by atoms with van der Waals surface area (Å²) in [4.78, 5) is 12.0. The largest absolute Gasteiger partial charge is 0.374 e. The molecule has 0 aliphatic carbocycles. The van der Waals surface area contributed by atoms with Crippen molar-refractivity contribution in [2.24, 2.45) is 0 Å². The van der Waals surface area contributed by atoms with Crippen molar-refractivity contribution in [2.45, 2.75) is 32.5 Å². The normalized spacial score (nSPS) is 25.9. The van der Waals surface area contributed by atoms with Crippen LogP contribution in [0.25, 0.3) is 0 Å². The number of nitrogens with zero attached hydrogens (tertiary/aromatic N) is 4. The lowest BCUT2D eigenvalue weighted by atomic mass is 10.2. The Morgan fingerprint density at radius 3 is 2.68 bits per heavy atom. The second-order valence-electron chi connectivity index (χ2n) is 6.58. The molecule has 0 amide bonds. The van der Waals surface area contributed by atoms with E-state index < -0.39 is 0 Å². The molecular weight excluding hydrogens is 296 g/mol. The van der Waals surface area contributed by atoms with Gasteiger partial charge in [0.1, 0.15) is 5.01 Å². The minimum Gasteiger partial charge on any atom is -0.374 e. The van der Waals surface area contributed by atoms with E-state index in [9.17, 15) is 0 Å². The molecule has 0 saturated carbocycles. The summed E-state index contributed by atoms with van der Waals surface area (Å²) < 4.78 is 5.97. The van der Waals surface area contributed by atoms with Crippen LogP contribution in [0.4, 0.5) is 0 Å². The zero-order valence-electron chi connectivity index (χ0n) is 13.8. The van der Waals surface area contributed by atoms with Gasteiger partial charge in [0.15, 0.2) is 0 Å². The first-order valence-electron chi connectivity index (χ1n) is 8.39. The number of rotatable bonds is 5. The van der Waals surface area contributed by atoms with Gasteiger partial charge in [-0.2, -0.15) is 0 Å². The van der Waals surface area contributed by atoms with Crippen LogP contribution in [0.2, 0.25) is 0 Å². The summed E-state index contributed by atoms with van der Waals surface area (Å²) in [5, 5.41) is 3.29. The molecule has 124 valence electrons. The van der Waals surface area contributed by atoms with Crippen LogP contribution in [-0.2, 0) is 11.3 Å². The molecule has 22 heavy (non-hydrogen) atoms. The van der Waals surface area contributed by atoms with Crippen LogP contribution in [0.3, 0.4) is 0 Å². The lowest BCUT2D eigenvalue weighted by Crippen LogP contribution is -2.53. The summed E-state index contributed by atoms with van der Waals surface area (Å²) in [5.41, 5.74) is 0. The molecule has 1 aromatic heterocycles. The first kappa shape index (κ1) is 16.3. The molecule has 2 aliphatic heterocycles. The van der Waals surface area contributed by atoms with Crippen molar-refractivity contribution in [1.29, 1.82) is 0 Å². The third-order valence-electron chi connectivity index (χ3n) is 4.67. The van der Waals surface area contributed by atoms with Crippen molar-refractivity contribution in [3.63, 3.8) is 0 Å². The van der Waals surface area contributed by atoms with Gasteiger partial charge in [0.2, 0.25) is 0 Å². The Kier molecular flexibility index (Phi) is 5.82. The van der Waals surface area contributed by atoms with Crippen LogP contribution in [-0.4, -0.2) is 84.2 Å². The topological polar surface area (TPSA) is 31.8 Å². The van der Waals surface area contributed by atoms with Crippen molar-refractivity contribution in [1.82, 2.24) is 19.7 Å². The molecule has 5 nitrogen and oxygen atoms in total. The maximum absolute atomic E-state index is 5.97. The van der Waals surface area contributed by atoms with E-state index in [0.29, 0.717) is 12.1 Å². The molecule has 1 atom stereocenters. The monoisotopic (exact) mass is 324 g/mol. The Balaban J connectivity index is 1.40. The molecular formula is C16H28N4OS. The van der Waals surface area contributed by atoms with Gasteiger partial charge in [-0.05, 0) is 13.8 Å². The zero-order valence-corrected chi connectivity index (χ0v) is 14.6. The Bertz CT molecular complexity index is 431. The average molecular weight is 324 g/mol. The first-order chi connectivity index (χ1) is 10.7. The summed E-state index contributed by atoms with van der Waals surface area (Å²) >= 11 is 1.76. The number of aromatic nitrogens is 1. The number of ether oxygens (including phenoxy) is 1. The smallest absolute Gasteiger partial charge is 0.107 e. The molecule has 0 N–H and O–H groups in total. The predicted octanol–water partition coefficient (Wildman–Crippen LogP) is 1.37. The highest BCUT2D eigenvalue weighted by Crippen LogP contribution is 2.13. The number of hydrogen-bond donors (Lipinski definition) is 0. The van der Waals surface area contributed by atoms with Gasteiger partial charge in [0.25, 0.3) is 0 Å². The van der Waals surface area contributed by atoms with Gasteiger partial charge in [0.05, 0.1) is 19.3 Å². The van der Waals surface area contributed by atoms with Gasteiger partial charge in [-0.1, -0.05) is 0 Å². The molecule has 3 rings (SSSR count). The van der Waals surface area contributed by atoms with E-state index in [1.54, 1.807) is 11.3 Å². The van der Waals surface area contributed by atoms with Crippen molar-refractivity contribution in [3.05, 3.63) is 16.6 Å².